The quantitative estimate of drug-likeness (QED) is 0.871. The van der Waals surface area contributed by atoms with Crippen LogP contribution in [0.2, 0.25) is 0 Å². The largest absolute Gasteiger partial charge is 0.508 e. The van der Waals surface area contributed by atoms with E-state index in [1.165, 1.54) is 6.07 Å². The smallest absolute Gasteiger partial charge is 0.127 e. The van der Waals surface area contributed by atoms with Crippen LogP contribution in [0.3, 0.4) is 0 Å². The Morgan fingerprint density at radius 1 is 1.25 bits per heavy atom. The summed E-state index contributed by atoms with van der Waals surface area (Å²) in [6, 6.07) is 5.18. The van der Waals surface area contributed by atoms with Crippen LogP contribution < -0.4 is 5.73 Å². The maximum atomic E-state index is 13.4. The molecule has 1 saturated carbocycles. The van der Waals surface area contributed by atoms with Crippen LogP contribution in [-0.4, -0.2) is 28.6 Å². The number of halogens is 1. The molecule has 0 heterocycles. The van der Waals surface area contributed by atoms with Crippen molar-refractivity contribution in [2.45, 2.75) is 57.7 Å². The predicted molar refractivity (Wildman–Crippen MR) is 79.0 cm³/mol. The van der Waals surface area contributed by atoms with Crippen LogP contribution >= 0.6 is 0 Å². The lowest BCUT2D eigenvalue weighted by Gasteiger charge is -2.36. The zero-order valence-corrected chi connectivity index (χ0v) is 12.2. The number of hydrogen-bond acceptors (Lipinski definition) is 3. The number of phenolic OH excluding ortho intramolecular Hbond substituents is 1. The molecule has 4 heteroatoms. The summed E-state index contributed by atoms with van der Waals surface area (Å²) in [5.74, 6) is -0.371. The molecule has 1 aromatic carbocycles. The van der Waals surface area contributed by atoms with Crippen molar-refractivity contribution < 1.29 is 9.50 Å². The first-order valence-electron chi connectivity index (χ1n) is 7.56. The Labute approximate surface area is 120 Å². The van der Waals surface area contributed by atoms with Gasteiger partial charge < -0.3 is 10.8 Å². The molecule has 20 heavy (non-hydrogen) atoms. The summed E-state index contributed by atoms with van der Waals surface area (Å²) in [6.07, 6.45) is 5.44. The molecule has 0 unspecified atom stereocenters. The first-order valence-corrected chi connectivity index (χ1v) is 7.56. The van der Waals surface area contributed by atoms with E-state index in [0.717, 1.165) is 50.3 Å². The van der Waals surface area contributed by atoms with Crippen molar-refractivity contribution in [3.63, 3.8) is 0 Å². The van der Waals surface area contributed by atoms with Gasteiger partial charge in [0.1, 0.15) is 11.6 Å². The van der Waals surface area contributed by atoms with Crippen molar-refractivity contribution in [1.82, 2.24) is 4.90 Å². The first kappa shape index (κ1) is 15.3. The van der Waals surface area contributed by atoms with Crippen LogP contribution in [0, 0.1) is 5.82 Å². The Kier molecular flexibility index (Phi) is 5.38. The lowest BCUT2D eigenvalue weighted by atomic mass is 9.90. The number of benzene rings is 1. The van der Waals surface area contributed by atoms with E-state index in [-0.39, 0.29) is 11.6 Å². The summed E-state index contributed by atoms with van der Waals surface area (Å²) in [7, 11) is 0. The van der Waals surface area contributed by atoms with Gasteiger partial charge in [0.2, 0.25) is 0 Å². The average Bonchev–Trinajstić information content (AvgIpc) is 2.38. The topological polar surface area (TPSA) is 49.5 Å². The van der Waals surface area contributed by atoms with Gasteiger partial charge in [0.15, 0.2) is 0 Å². The molecule has 1 aliphatic carbocycles. The van der Waals surface area contributed by atoms with E-state index in [1.54, 1.807) is 6.07 Å². The van der Waals surface area contributed by atoms with E-state index in [1.807, 2.05) is 0 Å². The summed E-state index contributed by atoms with van der Waals surface area (Å²) in [6.45, 7) is 3.85. The van der Waals surface area contributed by atoms with Crippen LogP contribution in [0.5, 0.6) is 5.75 Å². The Bertz CT molecular complexity index is 410. The Hall–Kier alpha value is -1.13. The van der Waals surface area contributed by atoms with Crippen LogP contribution in [-0.2, 0) is 6.54 Å². The first-order chi connectivity index (χ1) is 9.58. The number of nitrogens with zero attached hydrogens (tertiary/aromatic N) is 1. The molecule has 0 radical (unpaired) electrons. The number of nitrogens with two attached hydrogens (primary N) is 1. The average molecular weight is 280 g/mol. The second-order valence-electron chi connectivity index (χ2n) is 5.86. The van der Waals surface area contributed by atoms with Crippen molar-refractivity contribution >= 4 is 0 Å². The molecule has 0 atom stereocenters. The predicted octanol–water partition coefficient (Wildman–Crippen LogP) is 3.01. The van der Waals surface area contributed by atoms with Crippen molar-refractivity contribution in [3.05, 3.63) is 29.6 Å². The highest BCUT2D eigenvalue weighted by Crippen LogP contribution is 2.25. The van der Waals surface area contributed by atoms with Gasteiger partial charge in [0.25, 0.3) is 0 Å². The molecular weight excluding hydrogens is 255 g/mol. The highest BCUT2D eigenvalue weighted by Gasteiger charge is 2.24. The second-order valence-corrected chi connectivity index (χ2v) is 5.86. The monoisotopic (exact) mass is 280 g/mol. The van der Waals surface area contributed by atoms with Gasteiger partial charge in [-0.2, -0.15) is 0 Å². The van der Waals surface area contributed by atoms with Gasteiger partial charge in [0, 0.05) is 24.7 Å². The van der Waals surface area contributed by atoms with Crippen LogP contribution in [0.4, 0.5) is 4.39 Å². The zero-order chi connectivity index (χ0) is 14.5. The van der Waals surface area contributed by atoms with Crippen molar-refractivity contribution in [2.75, 3.05) is 6.54 Å². The molecule has 3 nitrogen and oxygen atoms in total. The number of phenols is 1. The van der Waals surface area contributed by atoms with Crippen molar-refractivity contribution in [1.29, 1.82) is 0 Å². The normalized spacial score (nSPS) is 23.2. The summed E-state index contributed by atoms with van der Waals surface area (Å²) >= 11 is 0. The minimum absolute atomic E-state index is 0.00196. The summed E-state index contributed by atoms with van der Waals surface area (Å²) in [4.78, 5) is 2.40. The summed E-state index contributed by atoms with van der Waals surface area (Å²) in [5, 5.41) is 9.51. The van der Waals surface area contributed by atoms with Crippen molar-refractivity contribution in [2.24, 2.45) is 5.73 Å². The molecule has 0 saturated heterocycles. The zero-order valence-electron chi connectivity index (χ0n) is 12.2. The molecule has 0 aliphatic heterocycles. The Balaban J connectivity index is 2.04. The van der Waals surface area contributed by atoms with E-state index >= 15 is 0 Å². The van der Waals surface area contributed by atoms with Crippen LogP contribution in [0.15, 0.2) is 18.2 Å². The molecule has 0 bridgehead atoms. The number of rotatable bonds is 5. The van der Waals surface area contributed by atoms with Gasteiger partial charge in [-0.25, -0.2) is 4.39 Å². The SMILES string of the molecule is CCCN(Cc1cc(O)cc(F)c1)C1CCC(N)CC1. The molecule has 1 fully saturated rings. The molecular formula is C16H25FN2O. The van der Waals surface area contributed by atoms with Crippen molar-refractivity contribution in [3.8, 4) is 5.75 Å². The fourth-order valence-electron chi connectivity index (χ4n) is 3.10. The standard InChI is InChI=1S/C16H25FN2O/c1-2-7-19(15-5-3-14(18)4-6-15)11-12-8-13(17)10-16(20)9-12/h8-10,14-15,20H,2-7,11,18H2,1H3. The number of hydrogen-bond donors (Lipinski definition) is 2. The summed E-state index contributed by atoms with van der Waals surface area (Å²) < 4.78 is 13.4. The van der Waals surface area contributed by atoms with E-state index in [0.29, 0.717) is 18.6 Å². The lowest BCUT2D eigenvalue weighted by Crippen LogP contribution is -2.40. The second kappa shape index (κ2) is 7.04. The third-order valence-electron chi connectivity index (χ3n) is 4.10. The Morgan fingerprint density at radius 2 is 1.95 bits per heavy atom. The van der Waals surface area contributed by atoms with Gasteiger partial charge in [-0.15, -0.1) is 0 Å². The molecule has 2 rings (SSSR count). The molecule has 1 aliphatic rings. The van der Waals surface area contributed by atoms with Gasteiger partial charge in [-0.3, -0.25) is 4.90 Å². The highest BCUT2D eigenvalue weighted by atomic mass is 19.1. The molecule has 0 amide bonds. The molecule has 3 N–H and O–H groups in total. The minimum atomic E-state index is -0.373. The van der Waals surface area contributed by atoms with Crippen LogP contribution in [0.1, 0.15) is 44.6 Å². The third kappa shape index (κ3) is 4.18. The van der Waals surface area contributed by atoms with Gasteiger partial charge >= 0.3 is 0 Å². The fourth-order valence-corrected chi connectivity index (χ4v) is 3.10. The van der Waals surface area contributed by atoms with Gasteiger partial charge in [-0.1, -0.05) is 6.92 Å². The maximum Gasteiger partial charge on any atom is 0.127 e. The van der Waals surface area contributed by atoms with E-state index in [2.05, 4.69) is 11.8 Å². The van der Waals surface area contributed by atoms with E-state index in [9.17, 15) is 9.50 Å². The van der Waals surface area contributed by atoms with Crippen LogP contribution in [0.25, 0.3) is 0 Å². The minimum Gasteiger partial charge on any atom is -0.508 e. The molecule has 112 valence electrons. The lowest BCUT2D eigenvalue weighted by molar-refractivity contribution is 0.142. The number of aromatic hydroxyl groups is 1. The fraction of sp³-hybridized carbons (Fsp3) is 0.625. The summed E-state index contributed by atoms with van der Waals surface area (Å²) in [5.41, 5.74) is 6.80. The molecule has 1 aromatic rings. The third-order valence-corrected chi connectivity index (χ3v) is 4.10. The highest BCUT2D eigenvalue weighted by molar-refractivity contribution is 5.28. The Morgan fingerprint density at radius 3 is 2.55 bits per heavy atom. The van der Waals surface area contributed by atoms with Gasteiger partial charge in [0.05, 0.1) is 0 Å². The maximum absolute atomic E-state index is 13.4. The molecule has 0 aromatic heterocycles. The molecule has 0 spiro atoms. The van der Waals surface area contributed by atoms with E-state index < -0.39 is 0 Å². The van der Waals surface area contributed by atoms with Gasteiger partial charge in [-0.05, 0) is 56.3 Å². The van der Waals surface area contributed by atoms with E-state index in [4.69, 9.17) is 5.73 Å².